The second-order valence-corrected chi connectivity index (χ2v) is 6.95. The molecule has 32 heavy (non-hydrogen) atoms. The Morgan fingerprint density at radius 3 is 2.62 bits per heavy atom. The zero-order valence-electron chi connectivity index (χ0n) is 20.9. The van der Waals surface area contributed by atoms with Gasteiger partial charge in [0, 0.05) is 44.0 Å². The van der Waals surface area contributed by atoms with E-state index in [9.17, 15) is 0 Å². The zero-order valence-corrected chi connectivity index (χ0v) is 19.3. The molecule has 0 spiro atoms. The third kappa shape index (κ3) is 4.62. The summed E-state index contributed by atoms with van der Waals surface area (Å²) in [5.41, 5.74) is 3.86. The fraction of sp³-hybridized carbons (Fsp3) is 0.0714. The summed E-state index contributed by atoms with van der Waals surface area (Å²) in [5.74, 6) is 0.623. The Morgan fingerprint density at radius 1 is 0.906 bits per heavy atom. The molecule has 3 nitrogen and oxygen atoms in total. The molecular weight excluding hydrogens is 573 g/mol. The van der Waals surface area contributed by atoms with Crippen LogP contribution < -0.4 is 4.74 Å². The molecule has 2 aromatic carbocycles. The smallest absolute Gasteiger partial charge is 0.122 e. The molecule has 2 aliphatic rings. The van der Waals surface area contributed by atoms with Gasteiger partial charge in [0.1, 0.15) is 5.75 Å². The molecule has 4 heteroatoms. The number of aromatic nitrogens is 2. The summed E-state index contributed by atoms with van der Waals surface area (Å²) >= 11 is 0. The van der Waals surface area contributed by atoms with Crippen molar-refractivity contribution in [3.05, 3.63) is 133 Å². The second-order valence-electron chi connectivity index (χ2n) is 6.95. The molecule has 0 N–H and O–H groups in total. The second kappa shape index (κ2) is 10.3. The molecule has 159 valence electrons. The minimum absolute atomic E-state index is 0. The Labute approximate surface area is 207 Å². The summed E-state index contributed by atoms with van der Waals surface area (Å²) in [6.07, 6.45) is 8.02. The Balaban J connectivity index is 0.000000198. The third-order valence-electron chi connectivity index (χ3n) is 5.05. The summed E-state index contributed by atoms with van der Waals surface area (Å²) in [4.78, 5) is 8.29. The van der Waals surface area contributed by atoms with Gasteiger partial charge in [-0.3, -0.25) is 0 Å². The summed E-state index contributed by atoms with van der Waals surface area (Å²) in [6.45, 7) is 0. The average molecular weight is 597 g/mol. The zero-order chi connectivity index (χ0) is 24.4. The molecule has 0 amide bonds. The van der Waals surface area contributed by atoms with Crippen LogP contribution in [0.15, 0.2) is 109 Å². The molecule has 2 atom stereocenters. The quantitative estimate of drug-likeness (QED) is 0.269. The summed E-state index contributed by atoms with van der Waals surface area (Å²) in [6, 6.07) is 23.7. The molecule has 3 heterocycles. The Bertz CT molecular complexity index is 1390. The molecule has 2 unspecified atom stereocenters. The van der Waals surface area contributed by atoms with Crippen molar-refractivity contribution in [3.63, 3.8) is 0 Å². The van der Waals surface area contributed by atoms with Gasteiger partial charge in [-0.2, -0.15) is 12.2 Å². The van der Waals surface area contributed by atoms with E-state index in [0.717, 1.165) is 22.6 Å². The number of nitrogens with zero attached hydrogens (tertiary/aromatic N) is 2. The van der Waals surface area contributed by atoms with Crippen molar-refractivity contribution in [2.24, 2.45) is 0 Å². The molecule has 6 rings (SSSR count). The number of allylic oxidation sites excluding steroid dienone is 2. The first-order valence-electron chi connectivity index (χ1n) is 11.9. The molecule has 2 aromatic heterocycles. The van der Waals surface area contributed by atoms with Crippen molar-refractivity contribution in [1.82, 2.24) is 9.97 Å². The van der Waals surface area contributed by atoms with Crippen molar-refractivity contribution >= 4 is 5.57 Å². The maximum absolute atomic E-state index is 8.13. The number of hydrogen-bond acceptors (Lipinski definition) is 3. The van der Waals surface area contributed by atoms with Crippen LogP contribution in [0.5, 0.6) is 5.75 Å². The Kier molecular flexibility index (Phi) is 5.56. The average Bonchev–Trinajstić information content (AvgIpc) is 3.30. The van der Waals surface area contributed by atoms with E-state index in [1.165, 1.54) is 0 Å². The van der Waals surface area contributed by atoms with Gasteiger partial charge in [-0.1, -0.05) is 42.4 Å². The minimum Gasteiger partial charge on any atom is -0.497 e. The van der Waals surface area contributed by atoms with Gasteiger partial charge >= 0.3 is 0 Å². The van der Waals surface area contributed by atoms with E-state index >= 15 is 0 Å². The van der Waals surface area contributed by atoms with Crippen LogP contribution in [-0.4, -0.2) is 16.1 Å². The van der Waals surface area contributed by atoms with E-state index < -0.39 is 0 Å². The van der Waals surface area contributed by atoms with Gasteiger partial charge in [-0.15, -0.1) is 47.5 Å². The molecule has 1 radical (unpaired) electrons. The number of para-hydroxylation sites is 1. The van der Waals surface area contributed by atoms with E-state index in [4.69, 9.17) is 10.2 Å². The Morgan fingerprint density at radius 2 is 1.78 bits per heavy atom. The van der Waals surface area contributed by atoms with Crippen molar-refractivity contribution in [2.75, 3.05) is 0 Å². The van der Waals surface area contributed by atoms with Crippen molar-refractivity contribution in [1.29, 1.82) is 0 Å². The van der Waals surface area contributed by atoms with Gasteiger partial charge in [0.2, 0.25) is 0 Å². The fourth-order valence-electron chi connectivity index (χ4n) is 3.68. The largest absolute Gasteiger partial charge is 0.497 e. The summed E-state index contributed by atoms with van der Waals surface area (Å²) in [7, 11) is 0. The number of ether oxygens (including phenoxy) is 1. The summed E-state index contributed by atoms with van der Waals surface area (Å²) in [5, 5.41) is 0. The van der Waals surface area contributed by atoms with E-state index in [0.29, 0.717) is 5.57 Å². The van der Waals surface area contributed by atoms with Crippen LogP contribution in [0.25, 0.3) is 16.8 Å². The molecule has 1 aliphatic carbocycles. The predicted molar refractivity (Wildman–Crippen MR) is 122 cm³/mol. The maximum atomic E-state index is 8.13. The molecular formula is C28H20IrN2O-2. The van der Waals surface area contributed by atoms with Gasteiger partial charge < -0.3 is 14.7 Å². The van der Waals surface area contributed by atoms with Gasteiger partial charge in [0.25, 0.3) is 0 Å². The van der Waals surface area contributed by atoms with E-state index in [1.807, 2.05) is 72.8 Å². The molecule has 0 fully saturated rings. The monoisotopic (exact) mass is 597 g/mol. The number of hydrogen-bond donors (Lipinski definition) is 0. The Hall–Kier alpha value is -3.33. The van der Waals surface area contributed by atoms with Crippen LogP contribution in [-0.2, 0) is 20.1 Å². The van der Waals surface area contributed by atoms with Crippen LogP contribution in [0.1, 0.15) is 22.7 Å². The molecule has 0 bridgehead atoms. The topological polar surface area (TPSA) is 35.0 Å². The van der Waals surface area contributed by atoms with Crippen LogP contribution in [0.3, 0.4) is 0 Å². The molecule has 4 aromatic rings. The SMILES string of the molecule is [2H]c1nc(C2=[C-]C=CC3Oc4ccccc4C23)c([2H])c([2H])c1[2H].[Ir].[c-]1ccccc1-c1ccccn1. The number of benzene rings is 2. The first-order chi connectivity index (χ1) is 17.0. The normalized spacial score (nSPS) is 19.2. The first-order valence-corrected chi connectivity index (χ1v) is 9.93. The van der Waals surface area contributed by atoms with Crippen LogP contribution in [0.2, 0.25) is 0 Å². The van der Waals surface area contributed by atoms with Crippen molar-refractivity contribution < 1.29 is 30.3 Å². The van der Waals surface area contributed by atoms with Gasteiger partial charge in [0.15, 0.2) is 0 Å². The van der Waals surface area contributed by atoms with Crippen molar-refractivity contribution in [2.45, 2.75) is 12.0 Å². The number of rotatable bonds is 2. The molecule has 0 saturated carbocycles. The minimum atomic E-state index is -0.328. The standard InChI is InChI=1S/C17H12NO.C11H8N.Ir/c1-2-9-15-13(6-1)17-12(7-5-10-16(17)19-15)14-8-3-4-11-18-14;1-2-6-10(7-3-1)11-8-4-5-9-12-11;/h1-6,8-11,16-17H;1-6,8-9H;/q2*-1;/i3D,4D,8D,11D;;. The van der Waals surface area contributed by atoms with Crippen molar-refractivity contribution in [3.8, 4) is 17.0 Å². The van der Waals surface area contributed by atoms with E-state index in [1.54, 1.807) is 12.3 Å². The van der Waals surface area contributed by atoms with E-state index in [-0.39, 0.29) is 62.1 Å². The van der Waals surface area contributed by atoms with Crippen LogP contribution in [0, 0.1) is 12.1 Å². The van der Waals surface area contributed by atoms with Crippen LogP contribution >= 0.6 is 0 Å². The number of fused-ring (bicyclic) bond motifs is 3. The van der Waals surface area contributed by atoms with Gasteiger partial charge in [-0.05, 0) is 29.6 Å². The fourth-order valence-corrected chi connectivity index (χ4v) is 3.68. The predicted octanol–water partition coefficient (Wildman–Crippen LogP) is 5.93. The first kappa shape index (κ1) is 17.3. The van der Waals surface area contributed by atoms with Crippen LogP contribution in [0.4, 0.5) is 0 Å². The number of pyridine rings is 2. The van der Waals surface area contributed by atoms with Gasteiger partial charge in [0.05, 0.1) is 11.6 Å². The van der Waals surface area contributed by atoms with Gasteiger partial charge in [-0.25, -0.2) is 0 Å². The molecule has 0 saturated heterocycles. The molecule has 1 aliphatic heterocycles. The third-order valence-corrected chi connectivity index (χ3v) is 5.05. The summed E-state index contributed by atoms with van der Waals surface area (Å²) < 4.78 is 37.3. The van der Waals surface area contributed by atoms with E-state index in [2.05, 4.69) is 22.1 Å². The maximum Gasteiger partial charge on any atom is 0.122 e.